The third-order valence-corrected chi connectivity index (χ3v) is 3.20. The van der Waals surface area contributed by atoms with Crippen molar-refractivity contribution in [3.8, 4) is 11.6 Å². The minimum absolute atomic E-state index is 0.587. The lowest BCUT2D eigenvalue weighted by Gasteiger charge is -2.08. The van der Waals surface area contributed by atoms with Crippen LogP contribution in [0.25, 0.3) is 0 Å². The maximum Gasteiger partial charge on any atom is 0.219 e. The van der Waals surface area contributed by atoms with E-state index in [1.807, 2.05) is 59.5 Å². The number of aromatic nitrogens is 3. The molecule has 0 bridgehead atoms. The smallest absolute Gasteiger partial charge is 0.219 e. The van der Waals surface area contributed by atoms with Crippen LogP contribution in [0, 0.1) is 0 Å². The van der Waals surface area contributed by atoms with Gasteiger partial charge >= 0.3 is 0 Å². The standard InChI is InChI=1S/C17H18N4O/c1-2-21-13-14(12-20-21)11-19-15-6-5-7-16(10-15)22-17-8-3-4-9-18-17/h3-10,12-13,19H,2,11H2,1H3. The van der Waals surface area contributed by atoms with Crippen molar-refractivity contribution < 1.29 is 4.74 Å². The van der Waals surface area contributed by atoms with Gasteiger partial charge in [-0.15, -0.1) is 0 Å². The first-order valence-corrected chi connectivity index (χ1v) is 7.27. The average molecular weight is 294 g/mol. The van der Waals surface area contributed by atoms with Gasteiger partial charge in [0, 0.05) is 48.9 Å². The molecule has 5 heteroatoms. The fourth-order valence-electron chi connectivity index (χ4n) is 2.07. The fraction of sp³-hybridized carbons (Fsp3) is 0.176. The Bertz CT molecular complexity index is 724. The van der Waals surface area contributed by atoms with E-state index in [9.17, 15) is 0 Å². The Morgan fingerprint density at radius 3 is 2.91 bits per heavy atom. The highest BCUT2D eigenvalue weighted by molar-refractivity contribution is 5.49. The molecular weight excluding hydrogens is 276 g/mol. The SMILES string of the molecule is CCn1cc(CNc2cccc(Oc3ccccn3)c2)cn1. The summed E-state index contributed by atoms with van der Waals surface area (Å²) in [7, 11) is 0. The van der Waals surface area contributed by atoms with E-state index in [-0.39, 0.29) is 0 Å². The quantitative estimate of drug-likeness (QED) is 0.753. The molecule has 2 aromatic heterocycles. The van der Waals surface area contributed by atoms with Crippen LogP contribution in [0.2, 0.25) is 0 Å². The van der Waals surface area contributed by atoms with E-state index < -0.39 is 0 Å². The Labute approximate surface area is 129 Å². The van der Waals surface area contributed by atoms with Crippen LogP contribution in [0.1, 0.15) is 12.5 Å². The zero-order valence-electron chi connectivity index (χ0n) is 12.4. The molecule has 22 heavy (non-hydrogen) atoms. The maximum atomic E-state index is 5.72. The summed E-state index contributed by atoms with van der Waals surface area (Å²) in [6.07, 6.45) is 5.63. The van der Waals surface area contributed by atoms with E-state index in [1.54, 1.807) is 6.20 Å². The molecule has 5 nitrogen and oxygen atoms in total. The summed E-state index contributed by atoms with van der Waals surface area (Å²) < 4.78 is 7.64. The number of rotatable bonds is 6. The second kappa shape index (κ2) is 6.76. The highest BCUT2D eigenvalue weighted by Gasteiger charge is 2.01. The Morgan fingerprint density at radius 2 is 2.14 bits per heavy atom. The molecular formula is C17H18N4O. The summed E-state index contributed by atoms with van der Waals surface area (Å²) in [6, 6.07) is 13.4. The number of benzene rings is 1. The third-order valence-electron chi connectivity index (χ3n) is 3.20. The van der Waals surface area contributed by atoms with Gasteiger partial charge < -0.3 is 10.1 Å². The molecule has 1 N–H and O–H groups in total. The van der Waals surface area contributed by atoms with Crippen LogP contribution in [0.3, 0.4) is 0 Å². The zero-order valence-corrected chi connectivity index (χ0v) is 12.4. The summed E-state index contributed by atoms with van der Waals surface area (Å²) in [5.74, 6) is 1.34. The number of nitrogens with one attached hydrogen (secondary N) is 1. The molecule has 1 aromatic carbocycles. The van der Waals surface area contributed by atoms with Crippen LogP contribution in [0.4, 0.5) is 5.69 Å². The largest absolute Gasteiger partial charge is 0.439 e. The van der Waals surface area contributed by atoms with Crippen molar-refractivity contribution in [2.75, 3.05) is 5.32 Å². The fourth-order valence-corrected chi connectivity index (χ4v) is 2.07. The summed E-state index contributed by atoms with van der Waals surface area (Å²) in [5.41, 5.74) is 2.15. The van der Waals surface area contributed by atoms with Gasteiger partial charge in [0.1, 0.15) is 5.75 Å². The van der Waals surface area contributed by atoms with E-state index in [0.717, 1.165) is 30.1 Å². The Morgan fingerprint density at radius 1 is 1.18 bits per heavy atom. The molecule has 3 aromatic rings. The first-order valence-electron chi connectivity index (χ1n) is 7.27. The minimum Gasteiger partial charge on any atom is -0.439 e. The van der Waals surface area contributed by atoms with Gasteiger partial charge in [0.2, 0.25) is 5.88 Å². The highest BCUT2D eigenvalue weighted by atomic mass is 16.5. The van der Waals surface area contributed by atoms with Gasteiger partial charge in [-0.2, -0.15) is 5.10 Å². The summed E-state index contributed by atoms with van der Waals surface area (Å²) >= 11 is 0. The van der Waals surface area contributed by atoms with E-state index in [0.29, 0.717) is 5.88 Å². The molecule has 112 valence electrons. The molecule has 2 heterocycles. The number of nitrogens with zero attached hydrogens (tertiary/aromatic N) is 3. The predicted molar refractivity (Wildman–Crippen MR) is 86.0 cm³/mol. The van der Waals surface area contributed by atoms with Gasteiger partial charge in [-0.05, 0) is 25.1 Å². The maximum absolute atomic E-state index is 5.72. The van der Waals surface area contributed by atoms with Crippen molar-refractivity contribution in [1.29, 1.82) is 0 Å². The molecule has 0 spiro atoms. The summed E-state index contributed by atoms with van der Waals surface area (Å²) in [6.45, 7) is 3.68. The molecule has 0 amide bonds. The average Bonchev–Trinajstić information content (AvgIpc) is 3.02. The molecule has 0 aliphatic heterocycles. The van der Waals surface area contributed by atoms with Crippen LogP contribution in [0.5, 0.6) is 11.6 Å². The lowest BCUT2D eigenvalue weighted by atomic mass is 10.3. The molecule has 3 rings (SSSR count). The second-order valence-electron chi connectivity index (χ2n) is 4.86. The van der Waals surface area contributed by atoms with Crippen molar-refractivity contribution in [3.05, 3.63) is 66.6 Å². The van der Waals surface area contributed by atoms with Gasteiger partial charge in [0.15, 0.2) is 0 Å². The molecule has 0 saturated carbocycles. The zero-order chi connectivity index (χ0) is 15.2. The van der Waals surface area contributed by atoms with E-state index in [1.165, 1.54) is 0 Å². The number of hydrogen-bond donors (Lipinski definition) is 1. The van der Waals surface area contributed by atoms with Crippen LogP contribution in [-0.2, 0) is 13.1 Å². The monoisotopic (exact) mass is 294 g/mol. The number of anilines is 1. The number of ether oxygens (including phenoxy) is 1. The van der Waals surface area contributed by atoms with Crippen molar-refractivity contribution in [1.82, 2.24) is 14.8 Å². The normalized spacial score (nSPS) is 10.4. The molecule has 0 radical (unpaired) electrons. The van der Waals surface area contributed by atoms with Gasteiger partial charge in [0.05, 0.1) is 6.20 Å². The summed E-state index contributed by atoms with van der Waals surface area (Å²) in [4.78, 5) is 4.16. The number of pyridine rings is 1. The van der Waals surface area contributed by atoms with Crippen molar-refractivity contribution >= 4 is 5.69 Å². The predicted octanol–water partition coefficient (Wildman–Crippen LogP) is 3.70. The van der Waals surface area contributed by atoms with Crippen molar-refractivity contribution in [3.63, 3.8) is 0 Å². The van der Waals surface area contributed by atoms with Gasteiger partial charge in [0.25, 0.3) is 0 Å². The summed E-state index contributed by atoms with van der Waals surface area (Å²) in [5, 5.41) is 7.63. The van der Waals surface area contributed by atoms with E-state index in [2.05, 4.69) is 22.3 Å². The number of aryl methyl sites for hydroxylation is 1. The topological polar surface area (TPSA) is 52.0 Å². The molecule has 0 atom stereocenters. The lowest BCUT2D eigenvalue weighted by molar-refractivity contribution is 0.463. The van der Waals surface area contributed by atoms with Gasteiger partial charge in [-0.1, -0.05) is 12.1 Å². The second-order valence-corrected chi connectivity index (χ2v) is 4.86. The molecule has 0 aliphatic rings. The van der Waals surface area contributed by atoms with Crippen LogP contribution in [0.15, 0.2) is 61.1 Å². The Balaban J connectivity index is 1.63. The van der Waals surface area contributed by atoms with Crippen LogP contribution >= 0.6 is 0 Å². The van der Waals surface area contributed by atoms with E-state index >= 15 is 0 Å². The van der Waals surface area contributed by atoms with Gasteiger partial charge in [-0.25, -0.2) is 4.98 Å². The lowest BCUT2D eigenvalue weighted by Crippen LogP contribution is -1.99. The molecule has 0 aliphatic carbocycles. The van der Waals surface area contributed by atoms with E-state index in [4.69, 9.17) is 4.74 Å². The van der Waals surface area contributed by atoms with Crippen LogP contribution < -0.4 is 10.1 Å². The Hall–Kier alpha value is -2.82. The number of hydrogen-bond acceptors (Lipinski definition) is 4. The molecule has 0 saturated heterocycles. The van der Waals surface area contributed by atoms with Crippen molar-refractivity contribution in [2.45, 2.75) is 20.0 Å². The minimum atomic E-state index is 0.587. The molecule has 0 fully saturated rings. The first-order chi connectivity index (χ1) is 10.8. The Kier molecular flexibility index (Phi) is 4.34. The van der Waals surface area contributed by atoms with Crippen LogP contribution in [-0.4, -0.2) is 14.8 Å². The molecule has 0 unspecified atom stereocenters. The first kappa shape index (κ1) is 14.1. The third kappa shape index (κ3) is 3.63. The van der Waals surface area contributed by atoms with Gasteiger partial charge in [-0.3, -0.25) is 4.68 Å². The van der Waals surface area contributed by atoms with Crippen molar-refractivity contribution in [2.24, 2.45) is 0 Å². The highest BCUT2D eigenvalue weighted by Crippen LogP contribution is 2.22.